The van der Waals surface area contributed by atoms with Gasteiger partial charge in [0.2, 0.25) is 5.91 Å². The van der Waals surface area contributed by atoms with Crippen molar-refractivity contribution in [3.8, 4) is 0 Å². The van der Waals surface area contributed by atoms with Crippen LogP contribution in [0, 0.1) is 5.92 Å². The molecule has 4 heterocycles. The molecule has 13 heteroatoms. The summed E-state index contributed by atoms with van der Waals surface area (Å²) >= 11 is 0. The summed E-state index contributed by atoms with van der Waals surface area (Å²) in [6.45, 7) is 7.57. The molecular weight excluding hydrogens is 509 g/mol. The van der Waals surface area contributed by atoms with Gasteiger partial charge in [0.1, 0.15) is 23.7 Å². The predicted molar refractivity (Wildman–Crippen MR) is 134 cm³/mol. The molecule has 1 amide bonds. The smallest absolute Gasteiger partial charge is 0.352 e. The number of piperidine rings is 1. The van der Waals surface area contributed by atoms with Gasteiger partial charge in [-0.25, -0.2) is 28.4 Å². The van der Waals surface area contributed by atoms with Crippen molar-refractivity contribution in [2.75, 3.05) is 22.9 Å². The lowest BCUT2D eigenvalue weighted by Gasteiger charge is -2.41. The van der Waals surface area contributed by atoms with E-state index in [1.807, 2.05) is 20.8 Å². The zero-order valence-electron chi connectivity index (χ0n) is 21.8. The minimum Gasteiger partial charge on any atom is -0.352 e. The van der Waals surface area contributed by atoms with Gasteiger partial charge >= 0.3 is 6.18 Å². The Morgan fingerprint density at radius 2 is 1.87 bits per heavy atom. The van der Waals surface area contributed by atoms with E-state index in [0.29, 0.717) is 17.9 Å². The van der Waals surface area contributed by atoms with E-state index in [-0.39, 0.29) is 35.9 Å². The van der Waals surface area contributed by atoms with Gasteiger partial charge in [-0.15, -0.1) is 0 Å². The Hall–Kier alpha value is -3.38. The highest BCUT2D eigenvalue weighted by Crippen LogP contribution is 2.32. The Morgan fingerprint density at radius 1 is 1.13 bits per heavy atom. The van der Waals surface area contributed by atoms with Gasteiger partial charge < -0.3 is 4.90 Å². The fraction of sp³-hybridized carbons (Fsp3) is 0.560. The van der Waals surface area contributed by atoms with Gasteiger partial charge in [-0.3, -0.25) is 9.69 Å². The lowest BCUT2D eigenvalue weighted by Crippen LogP contribution is -2.47. The molecule has 1 saturated heterocycles. The van der Waals surface area contributed by atoms with Crippen LogP contribution in [0.3, 0.4) is 0 Å². The van der Waals surface area contributed by atoms with E-state index in [9.17, 15) is 26.7 Å². The molecule has 8 nitrogen and oxygen atoms in total. The van der Waals surface area contributed by atoms with Gasteiger partial charge in [0, 0.05) is 32.3 Å². The highest BCUT2D eigenvalue weighted by Gasteiger charge is 2.33. The second kappa shape index (κ2) is 12.4. The van der Waals surface area contributed by atoms with Crippen molar-refractivity contribution in [3.05, 3.63) is 36.3 Å². The molecule has 3 aromatic heterocycles. The number of aromatic nitrogens is 5. The fourth-order valence-corrected chi connectivity index (χ4v) is 4.55. The maximum Gasteiger partial charge on any atom is 0.417 e. The summed E-state index contributed by atoms with van der Waals surface area (Å²) in [5.74, 6) is 0.321. The number of fused-ring (bicyclic) bond motifs is 1. The molecule has 3 aromatic rings. The number of hydrogen-bond donors (Lipinski definition) is 0. The van der Waals surface area contributed by atoms with Crippen molar-refractivity contribution in [3.63, 3.8) is 0 Å². The van der Waals surface area contributed by atoms with Gasteiger partial charge in [0.15, 0.2) is 5.65 Å². The third-order valence-electron chi connectivity index (χ3n) is 6.39. The summed E-state index contributed by atoms with van der Waals surface area (Å²) in [6.07, 6.45) is -0.995. The largest absolute Gasteiger partial charge is 0.417 e. The Kier molecular flexibility index (Phi) is 9.55. The number of pyridine rings is 1. The quantitative estimate of drug-likeness (QED) is 0.364. The number of alkyl halides is 5. The van der Waals surface area contributed by atoms with Gasteiger partial charge in [0.25, 0.3) is 6.43 Å². The number of halogens is 5. The molecule has 0 saturated carbocycles. The van der Waals surface area contributed by atoms with Crippen LogP contribution in [0.1, 0.15) is 52.5 Å². The van der Waals surface area contributed by atoms with Crippen molar-refractivity contribution in [2.24, 2.45) is 5.92 Å². The summed E-state index contributed by atoms with van der Waals surface area (Å²) in [6, 6.07) is 2.24. The zero-order valence-corrected chi connectivity index (χ0v) is 21.8. The fourth-order valence-electron chi connectivity index (χ4n) is 4.55. The third kappa shape index (κ3) is 6.73. The van der Waals surface area contributed by atoms with Gasteiger partial charge in [-0.2, -0.15) is 18.3 Å². The first-order valence-corrected chi connectivity index (χ1v) is 12.6. The molecule has 0 aromatic carbocycles. The molecule has 2 atom stereocenters. The standard InChI is InChI=1S/C23H26F5N7O.C2H6/c1-3-17-6-4-15(11-33(14(2)36)20-7-5-16(8-30-20)23(26,27)28)12-34(17)21-10-29-18-9-31-35(13-19(24)25)22(18)32-21;1-2/h5,7-10,15,17,19H,3-4,6,11-13H2,1-2H3;1-2H3. The number of carbonyl (C=O) groups excluding carboxylic acids is 1. The monoisotopic (exact) mass is 541 g/mol. The molecule has 4 rings (SSSR count). The molecule has 0 N–H and O–H groups in total. The first kappa shape index (κ1) is 29.2. The highest BCUT2D eigenvalue weighted by atomic mass is 19.4. The minimum absolute atomic E-state index is 0.0238. The lowest BCUT2D eigenvalue weighted by atomic mass is 9.91. The van der Waals surface area contributed by atoms with E-state index in [0.717, 1.165) is 36.2 Å². The first-order chi connectivity index (χ1) is 18.1. The number of nitrogens with zero attached hydrogens (tertiary/aromatic N) is 7. The van der Waals surface area contributed by atoms with Crippen LogP contribution in [0.2, 0.25) is 0 Å². The van der Waals surface area contributed by atoms with Crippen LogP contribution in [0.4, 0.5) is 33.6 Å². The highest BCUT2D eigenvalue weighted by molar-refractivity contribution is 5.90. The zero-order chi connectivity index (χ0) is 28.0. The number of hydrogen-bond acceptors (Lipinski definition) is 6. The predicted octanol–water partition coefficient (Wildman–Crippen LogP) is 5.58. The Balaban J connectivity index is 0.00000195. The van der Waals surface area contributed by atoms with Crippen LogP contribution < -0.4 is 9.80 Å². The average molecular weight is 542 g/mol. The van der Waals surface area contributed by atoms with E-state index in [4.69, 9.17) is 0 Å². The number of amides is 1. The van der Waals surface area contributed by atoms with Crippen LogP contribution in [-0.2, 0) is 17.5 Å². The summed E-state index contributed by atoms with van der Waals surface area (Å²) in [7, 11) is 0. The summed E-state index contributed by atoms with van der Waals surface area (Å²) in [5.41, 5.74) is -0.203. The first-order valence-electron chi connectivity index (χ1n) is 12.6. The molecule has 0 radical (unpaired) electrons. The molecule has 208 valence electrons. The van der Waals surface area contributed by atoms with Crippen LogP contribution >= 0.6 is 0 Å². The van der Waals surface area contributed by atoms with Crippen LogP contribution in [0.25, 0.3) is 11.2 Å². The molecule has 0 spiro atoms. The van der Waals surface area contributed by atoms with E-state index < -0.39 is 24.7 Å². The third-order valence-corrected chi connectivity index (χ3v) is 6.39. The number of carbonyl (C=O) groups is 1. The summed E-state index contributed by atoms with van der Waals surface area (Å²) in [5, 5.41) is 3.96. The second-order valence-corrected chi connectivity index (χ2v) is 8.85. The van der Waals surface area contributed by atoms with E-state index in [1.165, 1.54) is 24.1 Å². The molecule has 38 heavy (non-hydrogen) atoms. The van der Waals surface area contributed by atoms with Gasteiger partial charge in [-0.05, 0) is 37.3 Å². The molecule has 0 bridgehead atoms. The molecule has 2 unspecified atom stereocenters. The Labute approximate surface area is 217 Å². The molecular formula is C25H32F5N7O. The SMILES string of the molecule is CC.CCC1CCC(CN(C(C)=O)c2ccc(C(F)(F)F)cn2)CN1c1cnc2cnn(CC(F)F)c2n1. The van der Waals surface area contributed by atoms with Crippen molar-refractivity contribution in [1.29, 1.82) is 0 Å². The minimum atomic E-state index is -4.52. The van der Waals surface area contributed by atoms with E-state index in [2.05, 4.69) is 25.0 Å². The van der Waals surface area contributed by atoms with E-state index >= 15 is 0 Å². The average Bonchev–Trinajstić information content (AvgIpc) is 3.29. The maximum atomic E-state index is 12.9. The van der Waals surface area contributed by atoms with Gasteiger partial charge in [-0.1, -0.05) is 20.8 Å². The molecule has 1 aliphatic rings. The van der Waals surface area contributed by atoms with Crippen LogP contribution in [-0.4, -0.2) is 56.2 Å². The van der Waals surface area contributed by atoms with Gasteiger partial charge in [0.05, 0.1) is 18.0 Å². The summed E-state index contributed by atoms with van der Waals surface area (Å²) < 4.78 is 65.8. The van der Waals surface area contributed by atoms with E-state index in [1.54, 1.807) is 6.20 Å². The molecule has 1 fully saturated rings. The van der Waals surface area contributed by atoms with Crippen molar-refractivity contribution >= 4 is 28.7 Å². The molecule has 1 aliphatic heterocycles. The lowest BCUT2D eigenvalue weighted by molar-refractivity contribution is -0.137. The van der Waals surface area contributed by atoms with Crippen molar-refractivity contribution in [2.45, 2.75) is 72.1 Å². The Morgan fingerprint density at radius 3 is 2.45 bits per heavy atom. The number of rotatable bonds is 7. The number of anilines is 2. The normalized spacial score (nSPS) is 17.9. The molecule has 0 aliphatic carbocycles. The van der Waals surface area contributed by atoms with Crippen molar-refractivity contribution < 1.29 is 26.7 Å². The maximum absolute atomic E-state index is 12.9. The van der Waals surface area contributed by atoms with Crippen molar-refractivity contribution in [1.82, 2.24) is 24.7 Å². The van der Waals surface area contributed by atoms with Crippen LogP contribution in [0.5, 0.6) is 0 Å². The van der Waals surface area contributed by atoms with Crippen LogP contribution in [0.15, 0.2) is 30.7 Å². The summed E-state index contributed by atoms with van der Waals surface area (Å²) in [4.78, 5) is 28.6. The topological polar surface area (TPSA) is 80.0 Å². The Bertz CT molecular complexity index is 1200. The second-order valence-electron chi connectivity index (χ2n) is 8.85.